The highest BCUT2D eigenvalue weighted by molar-refractivity contribution is 5.90. The first-order chi connectivity index (χ1) is 12.7. The number of aliphatic hydroxyl groups is 1. The molecular formula is C22H22N2O2. The minimum absolute atomic E-state index is 0.367. The zero-order valence-corrected chi connectivity index (χ0v) is 14.5. The van der Waals surface area contributed by atoms with Crippen molar-refractivity contribution in [1.82, 2.24) is 5.43 Å². The Labute approximate surface area is 153 Å². The topological polar surface area (TPSA) is 61.7 Å². The van der Waals surface area contributed by atoms with Crippen LogP contribution < -0.4 is 5.43 Å². The van der Waals surface area contributed by atoms with E-state index in [1.807, 2.05) is 18.3 Å². The van der Waals surface area contributed by atoms with Gasteiger partial charge in [0.15, 0.2) is 5.60 Å². The van der Waals surface area contributed by atoms with E-state index >= 15 is 0 Å². The third-order valence-electron chi connectivity index (χ3n) is 5.47. The molecule has 0 heterocycles. The minimum atomic E-state index is -1.78. The fraction of sp³-hybridized carbons (Fsp3) is 0.273. The summed E-state index contributed by atoms with van der Waals surface area (Å²) >= 11 is 0. The largest absolute Gasteiger partial charge is 0.372 e. The Hall–Kier alpha value is -2.72. The SMILES string of the molecule is O=C(NN=C[C@H]1C[C@H]2C=C[C@H]1C2)C(O)(c1ccccc1)c1ccccc1. The molecule has 3 atom stereocenters. The van der Waals surface area contributed by atoms with Crippen LogP contribution in [0.25, 0.3) is 0 Å². The molecule has 4 rings (SSSR count). The molecule has 0 aliphatic heterocycles. The van der Waals surface area contributed by atoms with Gasteiger partial charge in [0, 0.05) is 12.1 Å². The number of carbonyl (C=O) groups excluding carboxylic acids is 1. The van der Waals surface area contributed by atoms with Crippen molar-refractivity contribution in [2.24, 2.45) is 22.9 Å². The molecule has 132 valence electrons. The van der Waals surface area contributed by atoms with Crippen LogP contribution in [0.1, 0.15) is 24.0 Å². The van der Waals surface area contributed by atoms with Crippen LogP contribution in [0.2, 0.25) is 0 Å². The van der Waals surface area contributed by atoms with E-state index in [2.05, 4.69) is 22.7 Å². The van der Waals surface area contributed by atoms with Gasteiger partial charge in [-0.15, -0.1) is 0 Å². The smallest absolute Gasteiger partial charge is 0.281 e. The number of fused-ring (bicyclic) bond motifs is 2. The van der Waals surface area contributed by atoms with Crippen LogP contribution >= 0.6 is 0 Å². The lowest BCUT2D eigenvalue weighted by molar-refractivity contribution is -0.136. The molecule has 0 aromatic heterocycles. The van der Waals surface area contributed by atoms with Gasteiger partial charge in [0.1, 0.15) is 0 Å². The molecule has 2 N–H and O–H groups in total. The van der Waals surface area contributed by atoms with Crippen LogP contribution in [0.5, 0.6) is 0 Å². The van der Waals surface area contributed by atoms with E-state index in [-0.39, 0.29) is 0 Å². The number of hydrogen-bond donors (Lipinski definition) is 2. The summed E-state index contributed by atoms with van der Waals surface area (Å²) in [5.74, 6) is 0.997. The summed E-state index contributed by atoms with van der Waals surface area (Å²) in [5.41, 5.74) is 1.81. The van der Waals surface area contributed by atoms with E-state index in [0.29, 0.717) is 28.9 Å². The van der Waals surface area contributed by atoms with Crippen LogP contribution in [0.3, 0.4) is 0 Å². The fourth-order valence-electron chi connectivity index (χ4n) is 4.05. The quantitative estimate of drug-likeness (QED) is 0.496. The number of nitrogens with one attached hydrogen (secondary N) is 1. The lowest BCUT2D eigenvalue weighted by Gasteiger charge is -2.27. The summed E-state index contributed by atoms with van der Waals surface area (Å²) in [7, 11) is 0. The van der Waals surface area contributed by atoms with Gasteiger partial charge in [-0.25, -0.2) is 5.43 Å². The molecule has 0 radical (unpaired) electrons. The van der Waals surface area contributed by atoms with E-state index in [0.717, 1.165) is 6.42 Å². The number of rotatable bonds is 5. The molecule has 1 amide bonds. The number of hydrazone groups is 1. The van der Waals surface area contributed by atoms with Crippen molar-refractivity contribution in [3.63, 3.8) is 0 Å². The lowest BCUT2D eigenvalue weighted by atomic mass is 9.85. The molecule has 4 nitrogen and oxygen atoms in total. The third-order valence-corrected chi connectivity index (χ3v) is 5.47. The summed E-state index contributed by atoms with van der Waals surface area (Å²) in [6.45, 7) is 0. The highest BCUT2D eigenvalue weighted by Gasteiger charge is 2.40. The first-order valence-corrected chi connectivity index (χ1v) is 9.03. The molecule has 4 heteroatoms. The van der Waals surface area contributed by atoms with Crippen LogP contribution in [-0.4, -0.2) is 17.2 Å². The summed E-state index contributed by atoms with van der Waals surface area (Å²) in [6, 6.07) is 17.9. The molecule has 2 aromatic rings. The highest BCUT2D eigenvalue weighted by Crippen LogP contribution is 2.42. The molecule has 2 aromatic carbocycles. The van der Waals surface area contributed by atoms with Gasteiger partial charge < -0.3 is 5.11 Å². The first-order valence-electron chi connectivity index (χ1n) is 9.03. The number of carbonyl (C=O) groups is 1. The van der Waals surface area contributed by atoms with Gasteiger partial charge in [-0.05, 0) is 35.8 Å². The maximum atomic E-state index is 12.9. The van der Waals surface area contributed by atoms with Gasteiger partial charge in [0.05, 0.1) is 0 Å². The minimum Gasteiger partial charge on any atom is -0.372 e. The Morgan fingerprint density at radius 2 is 1.62 bits per heavy atom. The Balaban J connectivity index is 1.56. The maximum Gasteiger partial charge on any atom is 0.281 e. The number of benzene rings is 2. The van der Waals surface area contributed by atoms with Crippen molar-refractivity contribution in [3.8, 4) is 0 Å². The van der Waals surface area contributed by atoms with E-state index in [1.165, 1.54) is 6.42 Å². The molecule has 0 unspecified atom stereocenters. The standard InChI is InChI=1S/C22H22N2O2/c25-21(24-23-15-18-14-16-11-12-17(18)13-16)22(26,19-7-3-1-4-8-19)20-9-5-2-6-10-20/h1-12,15-18,26H,13-14H2,(H,24,25)/t16-,17-,18+/m0/s1. The summed E-state index contributed by atoms with van der Waals surface area (Å²) in [5, 5.41) is 15.5. The van der Waals surface area contributed by atoms with Crippen LogP contribution in [-0.2, 0) is 10.4 Å². The van der Waals surface area contributed by atoms with Gasteiger partial charge in [-0.3, -0.25) is 4.79 Å². The average molecular weight is 346 g/mol. The summed E-state index contributed by atoms with van der Waals surface area (Å²) < 4.78 is 0. The van der Waals surface area contributed by atoms with Crippen molar-refractivity contribution in [3.05, 3.63) is 83.9 Å². The molecule has 2 bridgehead atoms. The molecule has 1 fully saturated rings. The normalized spacial score (nSPS) is 24.3. The fourth-order valence-corrected chi connectivity index (χ4v) is 4.05. The number of allylic oxidation sites excluding steroid dienone is 2. The van der Waals surface area contributed by atoms with Crippen molar-refractivity contribution < 1.29 is 9.90 Å². The maximum absolute atomic E-state index is 12.9. The molecule has 2 aliphatic carbocycles. The van der Waals surface area contributed by atoms with E-state index in [4.69, 9.17) is 0 Å². The second-order valence-electron chi connectivity index (χ2n) is 7.11. The Kier molecular flexibility index (Phi) is 4.43. The zero-order valence-electron chi connectivity index (χ0n) is 14.5. The molecule has 2 aliphatic rings. The molecular weight excluding hydrogens is 324 g/mol. The summed E-state index contributed by atoms with van der Waals surface area (Å²) in [6.07, 6.45) is 8.61. The number of hydrogen-bond acceptors (Lipinski definition) is 3. The molecule has 0 spiro atoms. The lowest BCUT2D eigenvalue weighted by Crippen LogP contribution is -2.43. The Morgan fingerprint density at radius 3 is 2.12 bits per heavy atom. The van der Waals surface area contributed by atoms with Gasteiger partial charge in [-0.1, -0.05) is 72.8 Å². The van der Waals surface area contributed by atoms with Crippen LogP contribution in [0.15, 0.2) is 77.9 Å². The monoisotopic (exact) mass is 346 g/mol. The van der Waals surface area contributed by atoms with Crippen molar-refractivity contribution in [2.45, 2.75) is 18.4 Å². The van der Waals surface area contributed by atoms with Crippen molar-refractivity contribution in [2.75, 3.05) is 0 Å². The molecule has 0 saturated heterocycles. The second kappa shape index (κ2) is 6.89. The third kappa shape index (κ3) is 2.97. The Bertz CT molecular complexity index is 790. The predicted octanol–water partition coefficient (Wildman–Crippen LogP) is 3.24. The van der Waals surface area contributed by atoms with Crippen LogP contribution in [0.4, 0.5) is 0 Å². The van der Waals surface area contributed by atoms with Crippen molar-refractivity contribution >= 4 is 12.1 Å². The summed E-state index contributed by atoms with van der Waals surface area (Å²) in [4.78, 5) is 12.9. The van der Waals surface area contributed by atoms with E-state index in [9.17, 15) is 9.90 Å². The van der Waals surface area contributed by atoms with Gasteiger partial charge in [-0.2, -0.15) is 5.10 Å². The zero-order chi connectivity index (χ0) is 18.0. The number of amides is 1. The number of nitrogens with zero attached hydrogens (tertiary/aromatic N) is 1. The average Bonchev–Trinajstić information content (AvgIpc) is 3.32. The van der Waals surface area contributed by atoms with Gasteiger partial charge in [0.2, 0.25) is 0 Å². The highest BCUT2D eigenvalue weighted by atomic mass is 16.3. The van der Waals surface area contributed by atoms with Crippen molar-refractivity contribution in [1.29, 1.82) is 0 Å². The molecule has 26 heavy (non-hydrogen) atoms. The first kappa shape index (κ1) is 16.7. The van der Waals surface area contributed by atoms with Gasteiger partial charge >= 0.3 is 0 Å². The Morgan fingerprint density at radius 1 is 1.00 bits per heavy atom. The second-order valence-corrected chi connectivity index (χ2v) is 7.11. The predicted molar refractivity (Wildman–Crippen MR) is 101 cm³/mol. The van der Waals surface area contributed by atoms with E-state index in [1.54, 1.807) is 48.5 Å². The van der Waals surface area contributed by atoms with E-state index < -0.39 is 11.5 Å². The molecule has 1 saturated carbocycles. The van der Waals surface area contributed by atoms with Crippen LogP contribution in [0, 0.1) is 17.8 Å². The van der Waals surface area contributed by atoms with Gasteiger partial charge in [0.25, 0.3) is 5.91 Å².